The Labute approximate surface area is 121 Å². The first kappa shape index (κ1) is 15.1. The second kappa shape index (κ2) is 8.07. The van der Waals surface area contributed by atoms with E-state index < -0.39 is 0 Å². The molecule has 0 spiro atoms. The van der Waals surface area contributed by atoms with Crippen LogP contribution in [0.4, 0.5) is 11.4 Å². The molecule has 0 atom stereocenters. The summed E-state index contributed by atoms with van der Waals surface area (Å²) in [6.45, 7) is 5.76. The summed E-state index contributed by atoms with van der Waals surface area (Å²) < 4.78 is 0. The third-order valence-electron chi connectivity index (χ3n) is 3.92. The lowest BCUT2D eigenvalue weighted by Crippen LogP contribution is -2.46. The van der Waals surface area contributed by atoms with Gasteiger partial charge in [-0.2, -0.15) is 0 Å². The van der Waals surface area contributed by atoms with E-state index in [1.54, 1.807) is 12.4 Å². The van der Waals surface area contributed by atoms with Gasteiger partial charge in [0.05, 0.1) is 17.6 Å². The smallest absolute Gasteiger partial charge is 0.0738 e. The zero-order valence-electron chi connectivity index (χ0n) is 12.2. The van der Waals surface area contributed by atoms with Crippen LogP contribution in [0.25, 0.3) is 0 Å². The standard InChI is InChI=1S/C15H26N4O/c16-14-13-17-6-5-15(14)19-10-8-18(9-11-19)7-3-1-2-4-12-20/h5-6,13,20H,1-4,7-12,16H2. The highest BCUT2D eigenvalue weighted by Crippen LogP contribution is 2.22. The fourth-order valence-electron chi connectivity index (χ4n) is 2.70. The molecule has 20 heavy (non-hydrogen) atoms. The summed E-state index contributed by atoms with van der Waals surface area (Å²) in [5.41, 5.74) is 7.86. The molecule has 5 nitrogen and oxygen atoms in total. The van der Waals surface area contributed by atoms with Gasteiger partial charge in [-0.3, -0.25) is 9.88 Å². The van der Waals surface area contributed by atoms with E-state index in [1.165, 1.54) is 19.4 Å². The monoisotopic (exact) mass is 278 g/mol. The zero-order chi connectivity index (χ0) is 14.2. The Morgan fingerprint density at radius 1 is 1.10 bits per heavy atom. The number of hydrogen-bond donors (Lipinski definition) is 2. The van der Waals surface area contributed by atoms with Crippen LogP contribution in [0.5, 0.6) is 0 Å². The van der Waals surface area contributed by atoms with Crippen molar-refractivity contribution in [3.63, 3.8) is 0 Å². The highest BCUT2D eigenvalue weighted by atomic mass is 16.2. The lowest BCUT2D eigenvalue weighted by atomic mass is 10.2. The highest BCUT2D eigenvalue weighted by molar-refractivity contribution is 5.66. The van der Waals surface area contributed by atoms with Crippen molar-refractivity contribution in [3.05, 3.63) is 18.5 Å². The second-order valence-electron chi connectivity index (χ2n) is 5.40. The molecule has 0 saturated carbocycles. The van der Waals surface area contributed by atoms with Gasteiger partial charge in [-0.15, -0.1) is 0 Å². The molecule has 0 bridgehead atoms. The zero-order valence-corrected chi connectivity index (χ0v) is 12.2. The molecule has 1 aromatic rings. The number of unbranched alkanes of at least 4 members (excludes halogenated alkanes) is 3. The Morgan fingerprint density at radius 3 is 2.55 bits per heavy atom. The molecule has 0 unspecified atom stereocenters. The van der Waals surface area contributed by atoms with Gasteiger partial charge < -0.3 is 15.7 Å². The predicted octanol–water partition coefficient (Wildman–Crippen LogP) is 1.34. The van der Waals surface area contributed by atoms with E-state index >= 15 is 0 Å². The number of aliphatic hydroxyl groups is 1. The van der Waals surface area contributed by atoms with E-state index in [4.69, 9.17) is 10.8 Å². The molecule has 0 amide bonds. The van der Waals surface area contributed by atoms with Crippen LogP contribution in [-0.4, -0.2) is 54.3 Å². The molecular weight excluding hydrogens is 252 g/mol. The molecule has 112 valence electrons. The number of nitrogens with zero attached hydrogens (tertiary/aromatic N) is 3. The van der Waals surface area contributed by atoms with Gasteiger partial charge in [0.2, 0.25) is 0 Å². The normalized spacial score (nSPS) is 16.6. The first-order valence-corrected chi connectivity index (χ1v) is 7.59. The van der Waals surface area contributed by atoms with Crippen LogP contribution in [0, 0.1) is 0 Å². The van der Waals surface area contributed by atoms with Crippen LogP contribution < -0.4 is 10.6 Å². The summed E-state index contributed by atoms with van der Waals surface area (Å²) >= 11 is 0. The van der Waals surface area contributed by atoms with Gasteiger partial charge in [0.15, 0.2) is 0 Å². The largest absolute Gasteiger partial charge is 0.396 e. The molecule has 1 fully saturated rings. The molecule has 1 aliphatic rings. The third kappa shape index (κ3) is 4.35. The molecule has 0 radical (unpaired) electrons. The van der Waals surface area contributed by atoms with Crippen LogP contribution in [0.2, 0.25) is 0 Å². The Balaban J connectivity index is 1.69. The molecule has 0 aliphatic carbocycles. The number of anilines is 2. The number of pyridine rings is 1. The van der Waals surface area contributed by atoms with Gasteiger partial charge in [-0.25, -0.2) is 0 Å². The van der Waals surface area contributed by atoms with Gasteiger partial charge in [-0.05, 0) is 25.5 Å². The van der Waals surface area contributed by atoms with Crippen molar-refractivity contribution in [2.45, 2.75) is 25.7 Å². The number of nitrogens with two attached hydrogens (primary N) is 1. The van der Waals surface area contributed by atoms with Crippen LogP contribution in [-0.2, 0) is 0 Å². The average molecular weight is 278 g/mol. The lowest BCUT2D eigenvalue weighted by Gasteiger charge is -2.36. The summed E-state index contributed by atoms with van der Waals surface area (Å²) in [7, 11) is 0. The summed E-state index contributed by atoms with van der Waals surface area (Å²) in [4.78, 5) is 8.91. The topological polar surface area (TPSA) is 65.6 Å². The quantitative estimate of drug-likeness (QED) is 0.737. The van der Waals surface area contributed by atoms with Gasteiger partial charge in [0, 0.05) is 39.0 Å². The van der Waals surface area contributed by atoms with Crippen molar-refractivity contribution < 1.29 is 5.11 Å². The van der Waals surface area contributed by atoms with Gasteiger partial charge in [-0.1, -0.05) is 12.8 Å². The minimum Gasteiger partial charge on any atom is -0.396 e. The van der Waals surface area contributed by atoms with Crippen molar-refractivity contribution >= 4 is 11.4 Å². The Morgan fingerprint density at radius 2 is 1.85 bits per heavy atom. The summed E-state index contributed by atoms with van der Waals surface area (Å²) in [6, 6.07) is 2.00. The molecule has 1 aliphatic heterocycles. The minimum atomic E-state index is 0.325. The molecular formula is C15H26N4O. The fourth-order valence-corrected chi connectivity index (χ4v) is 2.70. The van der Waals surface area contributed by atoms with E-state index in [9.17, 15) is 0 Å². The fraction of sp³-hybridized carbons (Fsp3) is 0.667. The molecule has 1 saturated heterocycles. The van der Waals surface area contributed by atoms with Crippen molar-refractivity contribution in [3.8, 4) is 0 Å². The van der Waals surface area contributed by atoms with E-state index in [0.29, 0.717) is 6.61 Å². The molecule has 2 rings (SSSR count). The molecule has 2 heterocycles. The van der Waals surface area contributed by atoms with E-state index in [-0.39, 0.29) is 0 Å². The van der Waals surface area contributed by atoms with Crippen molar-refractivity contribution in [1.82, 2.24) is 9.88 Å². The Hall–Kier alpha value is -1.33. The predicted molar refractivity (Wildman–Crippen MR) is 82.9 cm³/mol. The molecule has 3 N–H and O–H groups in total. The van der Waals surface area contributed by atoms with E-state index in [1.807, 2.05) is 6.07 Å². The molecule has 0 aromatic carbocycles. The number of aliphatic hydroxyl groups excluding tert-OH is 1. The van der Waals surface area contributed by atoms with E-state index in [2.05, 4.69) is 14.8 Å². The SMILES string of the molecule is Nc1cnccc1N1CCN(CCCCCCO)CC1. The van der Waals surface area contributed by atoms with Crippen molar-refractivity contribution in [1.29, 1.82) is 0 Å². The maximum Gasteiger partial charge on any atom is 0.0738 e. The molecule has 1 aromatic heterocycles. The number of piperazine rings is 1. The summed E-state index contributed by atoms with van der Waals surface area (Å²) in [5, 5.41) is 8.74. The summed E-state index contributed by atoms with van der Waals surface area (Å²) in [6.07, 6.45) is 8.07. The van der Waals surface area contributed by atoms with Crippen molar-refractivity contribution in [2.75, 3.05) is 50.0 Å². The van der Waals surface area contributed by atoms with E-state index in [0.717, 1.165) is 50.4 Å². The minimum absolute atomic E-state index is 0.325. The van der Waals surface area contributed by atoms with Crippen LogP contribution in [0.1, 0.15) is 25.7 Å². The number of hydrogen-bond acceptors (Lipinski definition) is 5. The van der Waals surface area contributed by atoms with Crippen LogP contribution in [0.3, 0.4) is 0 Å². The number of rotatable bonds is 7. The maximum atomic E-state index is 8.74. The van der Waals surface area contributed by atoms with Gasteiger partial charge >= 0.3 is 0 Å². The first-order chi connectivity index (χ1) is 9.81. The summed E-state index contributed by atoms with van der Waals surface area (Å²) in [5.74, 6) is 0. The van der Waals surface area contributed by atoms with Gasteiger partial charge in [0.1, 0.15) is 0 Å². The van der Waals surface area contributed by atoms with Gasteiger partial charge in [0.25, 0.3) is 0 Å². The highest BCUT2D eigenvalue weighted by Gasteiger charge is 2.17. The Kier molecular flexibility index (Phi) is 6.08. The van der Waals surface area contributed by atoms with Crippen molar-refractivity contribution in [2.24, 2.45) is 0 Å². The van der Waals surface area contributed by atoms with Crippen LogP contribution >= 0.6 is 0 Å². The number of aromatic nitrogens is 1. The second-order valence-corrected chi connectivity index (χ2v) is 5.40. The Bertz CT molecular complexity index is 391. The average Bonchev–Trinajstić information content (AvgIpc) is 2.48. The lowest BCUT2D eigenvalue weighted by molar-refractivity contribution is 0.247. The van der Waals surface area contributed by atoms with Crippen LogP contribution in [0.15, 0.2) is 18.5 Å². The number of nitrogen functional groups attached to an aromatic ring is 1. The molecule has 5 heteroatoms. The first-order valence-electron chi connectivity index (χ1n) is 7.59. The maximum absolute atomic E-state index is 8.74. The third-order valence-corrected chi connectivity index (χ3v) is 3.92.